The molecular formula is C22H27N3O2. The van der Waals surface area contributed by atoms with Gasteiger partial charge in [-0.15, -0.1) is 0 Å². The molecule has 142 valence electrons. The van der Waals surface area contributed by atoms with Crippen molar-refractivity contribution in [2.24, 2.45) is 11.8 Å². The van der Waals surface area contributed by atoms with Gasteiger partial charge in [0.1, 0.15) is 0 Å². The Morgan fingerprint density at radius 1 is 0.963 bits per heavy atom. The minimum Gasteiger partial charge on any atom is -0.350 e. The van der Waals surface area contributed by atoms with Crippen LogP contribution in [0.1, 0.15) is 42.5 Å². The Morgan fingerprint density at radius 2 is 1.67 bits per heavy atom. The normalized spacial score (nSPS) is 19.3. The predicted molar refractivity (Wildman–Crippen MR) is 106 cm³/mol. The summed E-state index contributed by atoms with van der Waals surface area (Å²) in [7, 11) is 0. The molecule has 2 aromatic rings. The van der Waals surface area contributed by atoms with Crippen LogP contribution in [0.2, 0.25) is 0 Å². The van der Waals surface area contributed by atoms with E-state index in [1.54, 1.807) is 6.20 Å². The second-order valence-corrected chi connectivity index (χ2v) is 7.32. The average molecular weight is 365 g/mol. The van der Waals surface area contributed by atoms with Crippen molar-refractivity contribution in [1.29, 1.82) is 0 Å². The molecule has 1 aromatic heterocycles. The van der Waals surface area contributed by atoms with Gasteiger partial charge in [0.05, 0.1) is 12.2 Å². The molecule has 5 nitrogen and oxygen atoms in total. The summed E-state index contributed by atoms with van der Waals surface area (Å²) in [5.41, 5.74) is 4.01. The number of hydrogen-bond acceptors (Lipinski definition) is 3. The minimum absolute atomic E-state index is 0.0153. The van der Waals surface area contributed by atoms with Gasteiger partial charge >= 0.3 is 0 Å². The largest absolute Gasteiger partial charge is 0.350 e. The van der Waals surface area contributed by atoms with Crippen molar-refractivity contribution in [2.75, 3.05) is 5.32 Å². The number of nitrogens with one attached hydrogen (secondary N) is 2. The first-order chi connectivity index (χ1) is 13.0. The van der Waals surface area contributed by atoms with Gasteiger partial charge in [-0.3, -0.25) is 14.6 Å². The Hall–Kier alpha value is -2.69. The van der Waals surface area contributed by atoms with Crippen LogP contribution in [0.25, 0.3) is 0 Å². The summed E-state index contributed by atoms with van der Waals surface area (Å²) in [6.45, 7) is 4.51. The van der Waals surface area contributed by atoms with E-state index in [9.17, 15) is 9.59 Å². The van der Waals surface area contributed by atoms with Crippen LogP contribution in [0.15, 0.2) is 42.6 Å². The number of pyridine rings is 1. The van der Waals surface area contributed by atoms with E-state index in [2.05, 4.69) is 15.6 Å². The number of amides is 2. The van der Waals surface area contributed by atoms with Crippen LogP contribution in [0.5, 0.6) is 0 Å². The van der Waals surface area contributed by atoms with Crippen LogP contribution in [-0.2, 0) is 16.1 Å². The maximum Gasteiger partial charge on any atom is 0.227 e. The van der Waals surface area contributed by atoms with Crippen LogP contribution in [0.3, 0.4) is 0 Å². The van der Waals surface area contributed by atoms with Crippen LogP contribution in [0, 0.1) is 25.7 Å². The molecule has 3 rings (SSSR count). The van der Waals surface area contributed by atoms with Gasteiger partial charge in [0.25, 0.3) is 0 Å². The lowest BCUT2D eigenvalue weighted by atomic mass is 9.81. The summed E-state index contributed by atoms with van der Waals surface area (Å²) in [6.07, 6.45) is 4.72. The zero-order chi connectivity index (χ0) is 19.2. The number of hydrogen-bond donors (Lipinski definition) is 2. The molecule has 1 heterocycles. The smallest absolute Gasteiger partial charge is 0.227 e. The van der Waals surface area contributed by atoms with Crippen molar-refractivity contribution in [1.82, 2.24) is 10.3 Å². The van der Waals surface area contributed by atoms with Crippen LogP contribution in [0.4, 0.5) is 5.69 Å². The van der Waals surface area contributed by atoms with Crippen molar-refractivity contribution < 1.29 is 9.59 Å². The fourth-order valence-corrected chi connectivity index (χ4v) is 3.56. The summed E-state index contributed by atoms with van der Waals surface area (Å²) < 4.78 is 0. The van der Waals surface area contributed by atoms with E-state index in [0.717, 1.165) is 42.6 Å². The average Bonchev–Trinajstić information content (AvgIpc) is 2.70. The monoisotopic (exact) mass is 365 g/mol. The summed E-state index contributed by atoms with van der Waals surface area (Å²) in [4.78, 5) is 29.2. The fraction of sp³-hybridized carbons (Fsp3) is 0.409. The van der Waals surface area contributed by atoms with E-state index < -0.39 is 0 Å². The van der Waals surface area contributed by atoms with Gasteiger partial charge in [-0.2, -0.15) is 0 Å². The zero-order valence-electron chi connectivity index (χ0n) is 16.0. The summed E-state index contributed by atoms with van der Waals surface area (Å²) in [5, 5.41) is 6.03. The number of carbonyl (C=O) groups excluding carboxylic acids is 2. The van der Waals surface area contributed by atoms with Crippen molar-refractivity contribution in [3.63, 3.8) is 0 Å². The van der Waals surface area contributed by atoms with E-state index >= 15 is 0 Å². The molecule has 1 fully saturated rings. The summed E-state index contributed by atoms with van der Waals surface area (Å²) >= 11 is 0. The summed E-state index contributed by atoms with van der Waals surface area (Å²) in [6, 6.07) is 11.6. The molecule has 0 unspecified atom stereocenters. The van der Waals surface area contributed by atoms with Crippen molar-refractivity contribution in [3.05, 3.63) is 59.4 Å². The number of carbonyl (C=O) groups is 2. The highest BCUT2D eigenvalue weighted by molar-refractivity contribution is 5.93. The molecule has 1 aliphatic rings. The third-order valence-corrected chi connectivity index (χ3v) is 5.50. The fourth-order valence-electron chi connectivity index (χ4n) is 3.56. The molecule has 2 N–H and O–H groups in total. The lowest BCUT2D eigenvalue weighted by Gasteiger charge is -2.27. The van der Waals surface area contributed by atoms with Crippen LogP contribution in [-0.4, -0.2) is 16.8 Å². The number of nitrogens with zero attached hydrogens (tertiary/aromatic N) is 1. The SMILES string of the molecule is Cc1cccc(NC(=O)C2CCC(C(=O)NCc3ccccn3)CC2)c1C. The first-order valence-corrected chi connectivity index (χ1v) is 9.59. The number of aryl methyl sites for hydroxylation is 1. The highest BCUT2D eigenvalue weighted by Crippen LogP contribution is 2.30. The molecule has 27 heavy (non-hydrogen) atoms. The molecule has 0 atom stereocenters. The Labute approximate surface area is 160 Å². The van der Waals surface area contributed by atoms with Crippen molar-refractivity contribution >= 4 is 17.5 Å². The molecule has 0 spiro atoms. The number of anilines is 1. The number of rotatable bonds is 5. The molecule has 1 aromatic carbocycles. The molecule has 0 bridgehead atoms. The van der Waals surface area contributed by atoms with Crippen LogP contribution >= 0.6 is 0 Å². The third kappa shape index (κ3) is 4.94. The highest BCUT2D eigenvalue weighted by Gasteiger charge is 2.30. The van der Waals surface area contributed by atoms with Gasteiger partial charge < -0.3 is 10.6 Å². The predicted octanol–water partition coefficient (Wildman–Crippen LogP) is 3.76. The van der Waals surface area contributed by atoms with Crippen molar-refractivity contribution in [2.45, 2.75) is 46.1 Å². The molecule has 0 saturated heterocycles. The van der Waals surface area contributed by atoms with Crippen LogP contribution < -0.4 is 10.6 Å². The molecule has 2 amide bonds. The Kier molecular flexibility index (Phi) is 6.22. The van der Waals surface area contributed by atoms with Gasteiger partial charge in [-0.05, 0) is 68.9 Å². The lowest BCUT2D eigenvalue weighted by molar-refractivity contribution is -0.128. The highest BCUT2D eigenvalue weighted by atomic mass is 16.2. The molecular weight excluding hydrogens is 338 g/mol. The second-order valence-electron chi connectivity index (χ2n) is 7.32. The van der Waals surface area contributed by atoms with E-state index in [-0.39, 0.29) is 23.7 Å². The van der Waals surface area contributed by atoms with Gasteiger partial charge in [0.2, 0.25) is 11.8 Å². The number of aromatic nitrogens is 1. The molecule has 1 aliphatic carbocycles. The minimum atomic E-state index is -0.0234. The third-order valence-electron chi connectivity index (χ3n) is 5.50. The molecule has 5 heteroatoms. The summed E-state index contributed by atoms with van der Waals surface area (Å²) in [5.74, 6) is 0.0910. The lowest BCUT2D eigenvalue weighted by Crippen LogP contribution is -2.35. The molecule has 0 aliphatic heterocycles. The van der Waals surface area contributed by atoms with Gasteiger partial charge in [-0.1, -0.05) is 18.2 Å². The molecule has 0 radical (unpaired) electrons. The standard InChI is InChI=1S/C22H27N3O2/c1-15-6-5-8-20(16(15)2)25-22(27)18-11-9-17(10-12-18)21(26)24-14-19-7-3-4-13-23-19/h3-8,13,17-18H,9-12,14H2,1-2H3,(H,24,26)(H,25,27). The van der Waals surface area contributed by atoms with Gasteiger partial charge in [-0.25, -0.2) is 0 Å². The zero-order valence-corrected chi connectivity index (χ0v) is 16.0. The second kappa shape index (κ2) is 8.80. The van der Waals surface area contributed by atoms with E-state index in [1.807, 2.05) is 50.2 Å². The molecule has 1 saturated carbocycles. The topological polar surface area (TPSA) is 71.1 Å². The number of benzene rings is 1. The van der Waals surface area contributed by atoms with Gasteiger partial charge in [0.15, 0.2) is 0 Å². The Balaban J connectivity index is 1.47. The Bertz CT molecular complexity index is 796. The first-order valence-electron chi connectivity index (χ1n) is 9.59. The van der Waals surface area contributed by atoms with E-state index in [0.29, 0.717) is 6.54 Å². The maximum atomic E-state index is 12.6. The first kappa shape index (κ1) is 19.1. The van der Waals surface area contributed by atoms with Crippen molar-refractivity contribution in [3.8, 4) is 0 Å². The van der Waals surface area contributed by atoms with E-state index in [4.69, 9.17) is 0 Å². The quantitative estimate of drug-likeness (QED) is 0.847. The van der Waals surface area contributed by atoms with E-state index in [1.165, 1.54) is 5.56 Å². The van der Waals surface area contributed by atoms with Gasteiger partial charge in [0, 0.05) is 23.7 Å². The Morgan fingerprint density at radius 3 is 2.33 bits per heavy atom. The maximum absolute atomic E-state index is 12.6.